The molecule has 68 valence electrons. The van der Waals surface area contributed by atoms with Gasteiger partial charge in [0.1, 0.15) is 0 Å². The summed E-state index contributed by atoms with van der Waals surface area (Å²) in [6.07, 6.45) is 2.52. The van der Waals surface area contributed by atoms with Crippen molar-refractivity contribution in [3.63, 3.8) is 0 Å². The van der Waals surface area contributed by atoms with Gasteiger partial charge in [0.05, 0.1) is 12.7 Å². The highest BCUT2D eigenvalue weighted by Crippen LogP contribution is 2.00. The van der Waals surface area contributed by atoms with Crippen LogP contribution in [-0.4, -0.2) is 32.2 Å². The highest BCUT2D eigenvalue weighted by atomic mass is 16.5. The Balaban J connectivity index is 3.78. The smallest absolute Gasteiger partial charge is 0.0963 e. The number of nitriles is 1. The molecule has 0 spiro atoms. The first-order valence-corrected chi connectivity index (χ1v) is 4.05. The van der Waals surface area contributed by atoms with Crippen LogP contribution in [0, 0.1) is 11.3 Å². The van der Waals surface area contributed by atoms with E-state index in [1.165, 1.54) is 0 Å². The molecule has 0 amide bonds. The fourth-order valence-corrected chi connectivity index (χ4v) is 0.787. The summed E-state index contributed by atoms with van der Waals surface area (Å²) in [7, 11) is 3.80. The summed E-state index contributed by atoms with van der Waals surface area (Å²) < 4.78 is 5.14. The molecule has 12 heavy (non-hydrogen) atoms. The Morgan fingerprint density at radius 2 is 2.25 bits per heavy atom. The van der Waals surface area contributed by atoms with E-state index in [2.05, 4.69) is 6.07 Å². The molecule has 0 saturated heterocycles. The Morgan fingerprint density at radius 1 is 1.58 bits per heavy atom. The lowest BCUT2D eigenvalue weighted by Crippen LogP contribution is -2.04. The van der Waals surface area contributed by atoms with Gasteiger partial charge in [-0.2, -0.15) is 5.26 Å². The Hall–Kier alpha value is -1.01. The van der Waals surface area contributed by atoms with Crippen LogP contribution >= 0.6 is 0 Å². The van der Waals surface area contributed by atoms with Crippen LogP contribution in [-0.2, 0) is 4.74 Å². The molecule has 0 fully saturated rings. The second kappa shape index (κ2) is 6.68. The minimum Gasteiger partial charge on any atom is -0.383 e. The monoisotopic (exact) mass is 168 g/mol. The zero-order chi connectivity index (χ0) is 9.40. The lowest BCUT2D eigenvalue weighted by molar-refractivity contribution is 0.151. The normalized spacial score (nSPS) is 11.0. The molecular formula is C9H16N2O. The van der Waals surface area contributed by atoms with Crippen LogP contribution in [0.5, 0.6) is 0 Å². The van der Waals surface area contributed by atoms with Crippen LogP contribution in [0.4, 0.5) is 0 Å². The van der Waals surface area contributed by atoms with Crippen molar-refractivity contribution in [3.05, 3.63) is 11.8 Å². The van der Waals surface area contributed by atoms with E-state index in [1.807, 2.05) is 32.1 Å². The largest absolute Gasteiger partial charge is 0.383 e. The maximum absolute atomic E-state index is 8.67. The molecule has 0 aliphatic heterocycles. The van der Waals surface area contributed by atoms with Gasteiger partial charge in [0.15, 0.2) is 0 Å². The number of hydrogen-bond acceptors (Lipinski definition) is 3. The molecule has 0 atom stereocenters. The van der Waals surface area contributed by atoms with Gasteiger partial charge in [0, 0.05) is 38.9 Å². The molecule has 0 N–H and O–H groups in total. The van der Waals surface area contributed by atoms with Crippen LogP contribution in [0.3, 0.4) is 0 Å². The summed E-state index contributed by atoms with van der Waals surface area (Å²) >= 11 is 0. The first-order valence-electron chi connectivity index (χ1n) is 4.05. The third kappa shape index (κ3) is 5.75. The molecule has 0 aromatic carbocycles. The summed E-state index contributed by atoms with van der Waals surface area (Å²) in [4.78, 5) is 1.87. The maximum Gasteiger partial charge on any atom is 0.0963 e. The number of nitrogens with zero attached hydrogens (tertiary/aromatic N) is 2. The molecule has 0 rings (SSSR count). The molecular weight excluding hydrogens is 152 g/mol. The van der Waals surface area contributed by atoms with Gasteiger partial charge in [-0.05, 0) is 6.92 Å². The van der Waals surface area contributed by atoms with Gasteiger partial charge in [0.25, 0.3) is 0 Å². The highest BCUT2D eigenvalue weighted by molar-refractivity contribution is 5.19. The standard InChI is InChI=1S/C9H16N2O/c1-4-12-6-5-9(7-10)8-11(2)3/h8H,4-6H2,1-3H3/b9-8-. The van der Waals surface area contributed by atoms with E-state index >= 15 is 0 Å². The second-order valence-corrected chi connectivity index (χ2v) is 2.68. The van der Waals surface area contributed by atoms with Crippen molar-refractivity contribution >= 4 is 0 Å². The van der Waals surface area contributed by atoms with Gasteiger partial charge >= 0.3 is 0 Å². The average molecular weight is 168 g/mol. The molecule has 3 heteroatoms. The van der Waals surface area contributed by atoms with E-state index in [1.54, 1.807) is 0 Å². The number of rotatable bonds is 5. The van der Waals surface area contributed by atoms with Crippen molar-refractivity contribution in [3.8, 4) is 6.07 Å². The third-order valence-corrected chi connectivity index (χ3v) is 1.28. The zero-order valence-corrected chi connectivity index (χ0v) is 8.00. The molecule has 0 heterocycles. The summed E-state index contributed by atoms with van der Waals surface area (Å²) in [6.45, 7) is 3.28. The first kappa shape index (κ1) is 11.0. The van der Waals surface area contributed by atoms with Crippen molar-refractivity contribution < 1.29 is 4.74 Å². The first-order chi connectivity index (χ1) is 5.70. The van der Waals surface area contributed by atoms with Crippen LogP contribution in [0.2, 0.25) is 0 Å². The van der Waals surface area contributed by atoms with Gasteiger partial charge in [-0.1, -0.05) is 0 Å². The van der Waals surface area contributed by atoms with Crippen molar-refractivity contribution in [2.24, 2.45) is 0 Å². The van der Waals surface area contributed by atoms with Crippen LogP contribution < -0.4 is 0 Å². The van der Waals surface area contributed by atoms with E-state index in [0.717, 1.165) is 5.57 Å². The molecule has 0 aliphatic rings. The van der Waals surface area contributed by atoms with E-state index in [4.69, 9.17) is 10.00 Å². The highest BCUT2D eigenvalue weighted by Gasteiger charge is 1.95. The van der Waals surface area contributed by atoms with E-state index in [9.17, 15) is 0 Å². The average Bonchev–Trinajstić information content (AvgIpc) is 2.02. The van der Waals surface area contributed by atoms with Crippen LogP contribution in [0.25, 0.3) is 0 Å². The van der Waals surface area contributed by atoms with Gasteiger partial charge in [-0.25, -0.2) is 0 Å². The Kier molecular flexibility index (Phi) is 6.12. The minimum atomic E-state index is 0.629. The fourth-order valence-electron chi connectivity index (χ4n) is 0.787. The predicted molar refractivity (Wildman–Crippen MR) is 48.5 cm³/mol. The molecule has 0 aromatic heterocycles. The van der Waals surface area contributed by atoms with E-state index in [0.29, 0.717) is 19.6 Å². The van der Waals surface area contributed by atoms with Crippen molar-refractivity contribution in [2.45, 2.75) is 13.3 Å². The Labute approximate surface area is 74.2 Å². The molecule has 0 radical (unpaired) electrons. The summed E-state index contributed by atoms with van der Waals surface area (Å²) in [6, 6.07) is 2.13. The van der Waals surface area contributed by atoms with Gasteiger partial charge in [-0.3, -0.25) is 0 Å². The molecule has 0 aromatic rings. The zero-order valence-electron chi connectivity index (χ0n) is 8.00. The summed E-state index contributed by atoms with van der Waals surface area (Å²) in [5.41, 5.74) is 0.758. The Bertz CT molecular complexity index is 179. The lowest BCUT2D eigenvalue weighted by Gasteiger charge is -2.06. The van der Waals surface area contributed by atoms with Gasteiger partial charge in [0.2, 0.25) is 0 Å². The molecule has 0 unspecified atom stereocenters. The molecule has 0 bridgehead atoms. The summed E-state index contributed by atoms with van der Waals surface area (Å²) in [5.74, 6) is 0. The van der Waals surface area contributed by atoms with Crippen molar-refractivity contribution in [2.75, 3.05) is 27.3 Å². The lowest BCUT2D eigenvalue weighted by atomic mass is 10.2. The topological polar surface area (TPSA) is 36.3 Å². The molecule has 3 nitrogen and oxygen atoms in total. The van der Waals surface area contributed by atoms with Crippen molar-refractivity contribution in [1.82, 2.24) is 4.90 Å². The van der Waals surface area contributed by atoms with Gasteiger partial charge < -0.3 is 9.64 Å². The SMILES string of the molecule is CCOCC/C(C#N)=C/N(C)C. The third-order valence-electron chi connectivity index (χ3n) is 1.28. The number of ether oxygens (including phenoxy) is 1. The van der Waals surface area contributed by atoms with Crippen LogP contribution in [0.15, 0.2) is 11.8 Å². The van der Waals surface area contributed by atoms with E-state index < -0.39 is 0 Å². The fraction of sp³-hybridized carbons (Fsp3) is 0.667. The molecule has 0 aliphatic carbocycles. The quantitative estimate of drug-likeness (QED) is 0.459. The number of hydrogen-bond donors (Lipinski definition) is 0. The van der Waals surface area contributed by atoms with Crippen molar-refractivity contribution in [1.29, 1.82) is 5.26 Å². The summed E-state index contributed by atoms with van der Waals surface area (Å²) in [5, 5.41) is 8.67. The molecule has 0 saturated carbocycles. The Morgan fingerprint density at radius 3 is 2.67 bits per heavy atom. The minimum absolute atomic E-state index is 0.629. The van der Waals surface area contributed by atoms with Gasteiger partial charge in [-0.15, -0.1) is 0 Å². The second-order valence-electron chi connectivity index (χ2n) is 2.68. The maximum atomic E-state index is 8.67. The van der Waals surface area contributed by atoms with Crippen LogP contribution in [0.1, 0.15) is 13.3 Å². The predicted octanol–water partition coefficient (Wildman–Crippen LogP) is 1.38. The van der Waals surface area contributed by atoms with E-state index in [-0.39, 0.29) is 0 Å².